The van der Waals surface area contributed by atoms with Gasteiger partial charge in [0.1, 0.15) is 0 Å². The molecule has 3 nitrogen and oxygen atoms in total. The Morgan fingerprint density at radius 3 is 1.42 bits per heavy atom. The van der Waals surface area contributed by atoms with E-state index in [0.717, 1.165) is 45.4 Å². The van der Waals surface area contributed by atoms with E-state index < -0.39 is 0 Å². The monoisotopic (exact) mass is 703 g/mol. The number of hydrogen-bond donors (Lipinski definition) is 0. The average Bonchev–Trinajstić information content (AvgIpc) is 3.59. The van der Waals surface area contributed by atoms with Crippen molar-refractivity contribution < 1.29 is 0 Å². The quantitative estimate of drug-likeness (QED) is 0.156. The van der Waals surface area contributed by atoms with Gasteiger partial charge in [-0.25, -0.2) is 0 Å². The fourth-order valence-corrected chi connectivity index (χ4v) is 8.07. The highest BCUT2D eigenvalue weighted by Gasteiger charge is 2.21. The van der Waals surface area contributed by atoms with Gasteiger partial charge in [0, 0.05) is 50.6 Å². The zero-order valence-corrected chi connectivity index (χ0v) is 30.2. The fraction of sp³-hybridized carbons (Fsp3) is 0. The predicted octanol–water partition coefficient (Wildman–Crippen LogP) is 14.5. The first-order chi connectivity index (χ1) is 27.3. The van der Waals surface area contributed by atoms with Crippen LogP contribution in [0.5, 0.6) is 0 Å². The van der Waals surface area contributed by atoms with E-state index in [-0.39, 0.29) is 0 Å². The molecule has 3 heteroatoms. The van der Waals surface area contributed by atoms with Crippen molar-refractivity contribution in [1.82, 2.24) is 4.57 Å². The van der Waals surface area contributed by atoms with Gasteiger partial charge in [0.25, 0.3) is 0 Å². The van der Waals surface area contributed by atoms with E-state index in [1.54, 1.807) is 0 Å². The van der Waals surface area contributed by atoms with Crippen LogP contribution in [0, 0.1) is 0 Å². The van der Waals surface area contributed by atoms with Crippen LogP contribution >= 0.6 is 0 Å². The lowest BCUT2D eigenvalue weighted by Gasteiger charge is -2.30. The van der Waals surface area contributed by atoms with Gasteiger partial charge in [0.05, 0.1) is 11.0 Å². The van der Waals surface area contributed by atoms with Gasteiger partial charge in [0.2, 0.25) is 0 Å². The van der Waals surface area contributed by atoms with Crippen LogP contribution in [-0.4, -0.2) is 4.57 Å². The molecule has 0 saturated heterocycles. The fourth-order valence-electron chi connectivity index (χ4n) is 8.07. The molecule has 0 bridgehead atoms. The van der Waals surface area contributed by atoms with Crippen molar-refractivity contribution in [2.45, 2.75) is 0 Å². The third kappa shape index (κ3) is 5.89. The summed E-state index contributed by atoms with van der Waals surface area (Å²) in [6.45, 7) is 0. The number of nitrogens with zero attached hydrogens (tertiary/aromatic N) is 3. The molecule has 0 amide bonds. The summed E-state index contributed by atoms with van der Waals surface area (Å²) < 4.78 is 2.37. The van der Waals surface area contributed by atoms with Crippen LogP contribution in [0.15, 0.2) is 224 Å². The first-order valence-corrected chi connectivity index (χ1v) is 18.8. The van der Waals surface area contributed by atoms with Crippen molar-refractivity contribution in [1.29, 1.82) is 0 Å². The standard InChI is InChI=1S/C52H37N3/c1-5-20-40(21-6-1)53(41-22-7-2-8-23-41)45-34-39(48-30-17-19-38-18-13-14-28-47(38)48)35-46(36-45)54(42-24-9-3-10-25-42)44-32-33-52-50(37-44)49-29-15-16-31-51(49)55(52)43-26-11-4-12-27-43/h1-37H. The molecule has 0 aliphatic rings. The first-order valence-electron chi connectivity index (χ1n) is 18.8. The number of anilines is 6. The summed E-state index contributed by atoms with van der Waals surface area (Å²) in [5.41, 5.74) is 12.3. The molecular formula is C52H37N3. The Hall–Kier alpha value is -7.36. The normalized spacial score (nSPS) is 11.3. The van der Waals surface area contributed by atoms with Crippen molar-refractivity contribution in [3.8, 4) is 16.8 Å². The number of aromatic nitrogens is 1. The van der Waals surface area contributed by atoms with Crippen LogP contribution in [-0.2, 0) is 0 Å². The van der Waals surface area contributed by atoms with Crippen molar-refractivity contribution in [3.63, 3.8) is 0 Å². The van der Waals surface area contributed by atoms with Gasteiger partial charge in [-0.1, -0.05) is 133 Å². The molecule has 0 saturated carbocycles. The molecule has 0 unspecified atom stereocenters. The molecule has 0 radical (unpaired) electrons. The summed E-state index contributed by atoms with van der Waals surface area (Å²) in [6.07, 6.45) is 0. The van der Waals surface area contributed by atoms with Gasteiger partial charge in [-0.05, 0) is 113 Å². The zero-order valence-electron chi connectivity index (χ0n) is 30.2. The molecule has 10 aromatic rings. The van der Waals surface area contributed by atoms with E-state index in [1.165, 1.54) is 38.1 Å². The second kappa shape index (κ2) is 13.9. The minimum absolute atomic E-state index is 1.06. The number of fused-ring (bicyclic) bond motifs is 4. The highest BCUT2D eigenvalue weighted by Crippen LogP contribution is 2.45. The van der Waals surface area contributed by atoms with E-state index in [1.807, 2.05) is 0 Å². The maximum absolute atomic E-state index is 2.40. The predicted molar refractivity (Wildman–Crippen MR) is 233 cm³/mol. The zero-order chi connectivity index (χ0) is 36.6. The van der Waals surface area contributed by atoms with E-state index in [4.69, 9.17) is 0 Å². The molecule has 0 N–H and O–H groups in total. The number of rotatable bonds is 8. The second-order valence-corrected chi connectivity index (χ2v) is 13.8. The maximum Gasteiger partial charge on any atom is 0.0542 e. The van der Waals surface area contributed by atoms with E-state index in [0.29, 0.717) is 0 Å². The summed E-state index contributed by atoms with van der Waals surface area (Å²) >= 11 is 0. The number of hydrogen-bond acceptors (Lipinski definition) is 2. The molecular weight excluding hydrogens is 667 g/mol. The van der Waals surface area contributed by atoms with Gasteiger partial charge in [0.15, 0.2) is 0 Å². The summed E-state index contributed by atoms with van der Waals surface area (Å²) in [6, 6.07) is 80.7. The highest BCUT2D eigenvalue weighted by molar-refractivity contribution is 6.11. The van der Waals surface area contributed by atoms with Crippen LogP contribution in [0.25, 0.3) is 49.4 Å². The molecule has 0 fully saturated rings. The number of benzene rings is 9. The molecule has 1 heterocycles. The highest BCUT2D eigenvalue weighted by atomic mass is 15.2. The number of para-hydroxylation sites is 5. The van der Waals surface area contributed by atoms with Gasteiger partial charge in [-0.15, -0.1) is 0 Å². The summed E-state index contributed by atoms with van der Waals surface area (Å²) in [4.78, 5) is 4.76. The molecule has 0 aliphatic heterocycles. The van der Waals surface area contributed by atoms with Crippen molar-refractivity contribution in [3.05, 3.63) is 224 Å². The molecule has 0 atom stereocenters. The Labute approximate surface area is 321 Å². The van der Waals surface area contributed by atoms with Crippen molar-refractivity contribution in [2.75, 3.05) is 9.80 Å². The van der Waals surface area contributed by atoms with Crippen LogP contribution < -0.4 is 9.80 Å². The minimum Gasteiger partial charge on any atom is -0.310 e. The first kappa shape index (κ1) is 32.3. The Morgan fingerprint density at radius 1 is 0.291 bits per heavy atom. The molecule has 0 aliphatic carbocycles. The Balaban J connectivity index is 1.25. The molecule has 1 aromatic heterocycles. The van der Waals surface area contributed by atoms with Crippen LogP contribution in [0.4, 0.5) is 34.1 Å². The molecule has 55 heavy (non-hydrogen) atoms. The Morgan fingerprint density at radius 2 is 0.782 bits per heavy atom. The van der Waals surface area contributed by atoms with Gasteiger partial charge < -0.3 is 14.4 Å². The largest absolute Gasteiger partial charge is 0.310 e. The minimum atomic E-state index is 1.06. The molecule has 10 rings (SSSR count). The summed E-state index contributed by atoms with van der Waals surface area (Å²) in [5.74, 6) is 0. The van der Waals surface area contributed by atoms with E-state index in [9.17, 15) is 0 Å². The topological polar surface area (TPSA) is 11.4 Å². The molecule has 260 valence electrons. The van der Waals surface area contributed by atoms with E-state index in [2.05, 4.69) is 239 Å². The average molecular weight is 704 g/mol. The Bertz CT molecular complexity index is 2870. The van der Waals surface area contributed by atoms with Gasteiger partial charge >= 0.3 is 0 Å². The lowest BCUT2D eigenvalue weighted by atomic mass is 9.96. The Kier molecular flexibility index (Phi) is 8.16. The molecule has 9 aromatic carbocycles. The van der Waals surface area contributed by atoms with Crippen LogP contribution in [0.2, 0.25) is 0 Å². The smallest absolute Gasteiger partial charge is 0.0542 e. The second-order valence-electron chi connectivity index (χ2n) is 13.8. The van der Waals surface area contributed by atoms with Gasteiger partial charge in [-0.3, -0.25) is 0 Å². The summed E-state index contributed by atoms with van der Waals surface area (Å²) in [7, 11) is 0. The van der Waals surface area contributed by atoms with Gasteiger partial charge in [-0.2, -0.15) is 0 Å². The maximum atomic E-state index is 2.40. The van der Waals surface area contributed by atoms with Crippen LogP contribution in [0.3, 0.4) is 0 Å². The van der Waals surface area contributed by atoms with E-state index >= 15 is 0 Å². The third-order valence-corrected chi connectivity index (χ3v) is 10.5. The lowest BCUT2D eigenvalue weighted by molar-refractivity contribution is 1.18. The van der Waals surface area contributed by atoms with Crippen LogP contribution in [0.1, 0.15) is 0 Å². The van der Waals surface area contributed by atoms with Crippen molar-refractivity contribution >= 4 is 66.7 Å². The molecule has 0 spiro atoms. The third-order valence-electron chi connectivity index (χ3n) is 10.5. The van der Waals surface area contributed by atoms with Crippen molar-refractivity contribution in [2.24, 2.45) is 0 Å². The SMILES string of the molecule is c1ccc(N(c2ccccc2)c2cc(-c3cccc4ccccc34)cc(N(c3ccccc3)c3ccc4c(c3)c3ccccc3n4-c3ccccc3)c2)cc1. The lowest BCUT2D eigenvalue weighted by Crippen LogP contribution is -2.13. The summed E-state index contributed by atoms with van der Waals surface area (Å²) in [5, 5.41) is 4.87.